The fourth-order valence-electron chi connectivity index (χ4n) is 6.75. The molecule has 2 saturated carbocycles. The van der Waals surface area contributed by atoms with Gasteiger partial charge in [-0.2, -0.15) is 0 Å². The van der Waals surface area contributed by atoms with E-state index in [4.69, 9.17) is 0 Å². The summed E-state index contributed by atoms with van der Waals surface area (Å²) in [6.07, 6.45) is 13.2. The molecule has 0 heterocycles. The van der Waals surface area contributed by atoms with E-state index >= 15 is 0 Å². The van der Waals surface area contributed by atoms with Crippen LogP contribution in [0.25, 0.3) is 0 Å². The molecule has 5 nitrogen and oxygen atoms in total. The molecule has 0 bridgehead atoms. The largest absolute Gasteiger partial charge is 0.352 e. The van der Waals surface area contributed by atoms with Gasteiger partial charge in [-0.3, -0.25) is 14.4 Å². The van der Waals surface area contributed by atoms with Crippen molar-refractivity contribution >= 4 is 23.3 Å². The molecule has 0 aromatic heterocycles. The van der Waals surface area contributed by atoms with Crippen molar-refractivity contribution < 1.29 is 14.4 Å². The molecule has 0 saturated heterocycles. The van der Waals surface area contributed by atoms with E-state index in [9.17, 15) is 14.4 Å². The second-order valence-corrected chi connectivity index (χ2v) is 12.6. The van der Waals surface area contributed by atoms with E-state index in [1.807, 2.05) is 31.2 Å². The van der Waals surface area contributed by atoms with Crippen LogP contribution in [0.15, 0.2) is 66.3 Å². The Labute approximate surface area is 258 Å². The summed E-state index contributed by atoms with van der Waals surface area (Å²) in [4.78, 5) is 38.3. The van der Waals surface area contributed by atoms with Crippen molar-refractivity contribution in [2.45, 2.75) is 110 Å². The topological polar surface area (TPSA) is 75.3 Å². The van der Waals surface area contributed by atoms with Crippen molar-refractivity contribution in [2.24, 2.45) is 5.92 Å². The van der Waals surface area contributed by atoms with Gasteiger partial charge in [-0.05, 0) is 125 Å². The molecular weight excluding hydrogens is 532 g/mol. The molecule has 2 amide bonds. The zero-order chi connectivity index (χ0) is 30.8. The number of carbonyl (C=O) groups excluding carboxylic acids is 3. The van der Waals surface area contributed by atoms with Gasteiger partial charge >= 0.3 is 0 Å². The highest BCUT2D eigenvalue weighted by molar-refractivity contribution is 6.04. The van der Waals surface area contributed by atoms with E-state index in [0.29, 0.717) is 41.7 Å². The maximum Gasteiger partial charge on any atom is 0.251 e. The van der Waals surface area contributed by atoms with Gasteiger partial charge in [-0.1, -0.05) is 55.5 Å². The van der Waals surface area contributed by atoms with Crippen LogP contribution in [-0.2, 0) is 9.59 Å². The Morgan fingerprint density at radius 2 is 1.72 bits per heavy atom. The van der Waals surface area contributed by atoms with Gasteiger partial charge in [0.25, 0.3) is 11.8 Å². The monoisotopic (exact) mass is 582 g/mol. The summed E-state index contributed by atoms with van der Waals surface area (Å²) < 4.78 is 0. The van der Waals surface area contributed by atoms with Crippen LogP contribution in [0.5, 0.6) is 0 Å². The van der Waals surface area contributed by atoms with Crippen molar-refractivity contribution in [2.75, 3.05) is 11.9 Å². The summed E-state index contributed by atoms with van der Waals surface area (Å²) in [5.41, 5.74) is 7.06. The number of allylic oxidation sites excluding steroid dienone is 2. The van der Waals surface area contributed by atoms with Crippen molar-refractivity contribution in [3.8, 4) is 0 Å². The van der Waals surface area contributed by atoms with Gasteiger partial charge in [0.05, 0.1) is 0 Å². The minimum Gasteiger partial charge on any atom is -0.352 e. The number of nitrogens with one attached hydrogen (secondary N) is 2. The van der Waals surface area contributed by atoms with Gasteiger partial charge < -0.3 is 10.6 Å². The molecule has 0 aliphatic heterocycles. The van der Waals surface area contributed by atoms with Gasteiger partial charge in [0, 0.05) is 35.7 Å². The molecule has 5 heteroatoms. The van der Waals surface area contributed by atoms with Crippen LogP contribution in [0.1, 0.15) is 130 Å². The third-order valence-corrected chi connectivity index (χ3v) is 9.61. The number of hydrogen-bond donors (Lipinski definition) is 2. The predicted molar refractivity (Wildman–Crippen MR) is 177 cm³/mol. The Morgan fingerprint density at radius 3 is 2.40 bits per heavy atom. The van der Waals surface area contributed by atoms with E-state index in [0.717, 1.165) is 81.9 Å². The molecule has 2 aromatic rings. The van der Waals surface area contributed by atoms with Crippen LogP contribution in [0.3, 0.4) is 0 Å². The van der Waals surface area contributed by atoms with Gasteiger partial charge in [-0.15, -0.1) is 0 Å². The first-order valence-electron chi connectivity index (χ1n) is 16.4. The summed E-state index contributed by atoms with van der Waals surface area (Å²) in [5.74, 6) is 1.14. The van der Waals surface area contributed by atoms with Crippen LogP contribution in [0.2, 0.25) is 0 Å². The number of ketones is 1. The zero-order valence-electron chi connectivity index (χ0n) is 26.5. The highest BCUT2D eigenvalue weighted by Crippen LogP contribution is 2.43. The first-order valence-corrected chi connectivity index (χ1v) is 16.4. The quantitative estimate of drug-likeness (QED) is 0.141. The van der Waals surface area contributed by atoms with E-state index in [1.54, 1.807) is 0 Å². The van der Waals surface area contributed by atoms with Crippen LogP contribution < -0.4 is 10.6 Å². The van der Waals surface area contributed by atoms with Crippen molar-refractivity contribution in [3.05, 3.63) is 88.5 Å². The number of Topliss-reactive ketones (excluding diaryl/α,β-unsaturated/α-hetero) is 1. The molecule has 1 atom stereocenters. The van der Waals surface area contributed by atoms with Crippen molar-refractivity contribution in [1.82, 2.24) is 5.32 Å². The minimum atomic E-state index is -0.145. The van der Waals surface area contributed by atoms with Gasteiger partial charge in [-0.25, -0.2) is 0 Å². The summed E-state index contributed by atoms with van der Waals surface area (Å²) >= 11 is 0. The molecule has 43 heavy (non-hydrogen) atoms. The Kier molecular flexibility index (Phi) is 12.0. The van der Waals surface area contributed by atoms with Gasteiger partial charge in [0.2, 0.25) is 0 Å². The molecule has 2 aliphatic carbocycles. The number of hydrogen-bond acceptors (Lipinski definition) is 3. The lowest BCUT2D eigenvalue weighted by Crippen LogP contribution is -2.25. The van der Waals surface area contributed by atoms with Crippen molar-refractivity contribution in [1.29, 1.82) is 0 Å². The molecule has 1 unspecified atom stereocenters. The molecule has 0 spiro atoms. The first-order chi connectivity index (χ1) is 20.8. The SMILES string of the molecule is C=C(CC)CC/C=C(\C)C(=O)Nc1cc(C(=O)NCCCC2CCCC2=O)ccc1C1CCC(c2ccccc2C)CC1. The highest BCUT2D eigenvalue weighted by atomic mass is 16.2. The maximum atomic E-state index is 13.3. The van der Waals surface area contributed by atoms with Gasteiger partial charge in [0.15, 0.2) is 0 Å². The van der Waals surface area contributed by atoms with Crippen LogP contribution in [0, 0.1) is 12.8 Å². The fraction of sp³-hybridized carbons (Fsp3) is 0.500. The summed E-state index contributed by atoms with van der Waals surface area (Å²) in [6, 6.07) is 14.5. The van der Waals surface area contributed by atoms with E-state index < -0.39 is 0 Å². The minimum absolute atomic E-state index is 0.129. The van der Waals surface area contributed by atoms with E-state index in [2.05, 4.69) is 55.3 Å². The highest BCUT2D eigenvalue weighted by Gasteiger charge is 2.27. The molecule has 230 valence electrons. The van der Waals surface area contributed by atoms with Gasteiger partial charge in [0.1, 0.15) is 5.78 Å². The average molecular weight is 583 g/mol. The lowest BCUT2D eigenvalue weighted by Gasteiger charge is -2.31. The lowest BCUT2D eigenvalue weighted by molar-refractivity contribution is -0.120. The van der Waals surface area contributed by atoms with E-state index in [-0.39, 0.29) is 17.7 Å². The standard InChI is InChI=1S/C38H50N2O3/c1-5-26(2)11-8-13-28(4)37(42)40-35-25-32(38(43)39-24-10-15-31-14-9-17-36(31)41)22-23-34(35)30-20-18-29(19-21-30)33-16-7-6-12-27(33)3/h6-7,12-13,16,22-23,25,29-31H,2,5,8-11,14-15,17-21,24H2,1,3-4H3,(H,39,43)(H,40,42)/b28-13+. The first kappa shape index (κ1) is 32.4. The second kappa shape index (κ2) is 15.8. The Morgan fingerprint density at radius 1 is 1.00 bits per heavy atom. The number of aryl methyl sites for hydroxylation is 1. The third-order valence-electron chi connectivity index (χ3n) is 9.61. The molecule has 4 rings (SSSR count). The molecule has 2 fully saturated rings. The predicted octanol–water partition coefficient (Wildman–Crippen LogP) is 8.95. The van der Waals surface area contributed by atoms with Crippen molar-refractivity contribution in [3.63, 3.8) is 0 Å². The Hall–Kier alpha value is -3.47. The smallest absolute Gasteiger partial charge is 0.251 e. The fourth-order valence-corrected chi connectivity index (χ4v) is 6.75. The van der Waals surface area contributed by atoms with Crippen LogP contribution in [-0.4, -0.2) is 24.1 Å². The van der Waals surface area contributed by atoms with Crippen LogP contribution in [0.4, 0.5) is 5.69 Å². The van der Waals surface area contributed by atoms with E-state index in [1.165, 1.54) is 16.7 Å². The number of benzene rings is 2. The summed E-state index contributed by atoms with van der Waals surface area (Å²) in [7, 11) is 0. The zero-order valence-corrected chi connectivity index (χ0v) is 26.5. The Balaban J connectivity index is 1.45. The number of anilines is 1. The average Bonchev–Trinajstić information content (AvgIpc) is 3.43. The Bertz CT molecular complexity index is 1330. The summed E-state index contributed by atoms with van der Waals surface area (Å²) in [6.45, 7) is 10.8. The lowest BCUT2D eigenvalue weighted by atomic mass is 9.75. The number of rotatable bonds is 13. The third kappa shape index (κ3) is 9.01. The maximum absolute atomic E-state index is 13.3. The van der Waals surface area contributed by atoms with Crippen LogP contribution >= 0.6 is 0 Å². The molecule has 2 N–H and O–H groups in total. The molecule has 2 aliphatic rings. The summed E-state index contributed by atoms with van der Waals surface area (Å²) in [5, 5.41) is 6.20. The second-order valence-electron chi connectivity index (χ2n) is 12.6. The normalized spacial score (nSPS) is 20.6. The molecular formula is C38H50N2O3. The molecule has 2 aromatic carbocycles. The number of carbonyl (C=O) groups is 3. The molecule has 0 radical (unpaired) electrons. The number of amides is 2.